The standard InChI is InChI=1S/C24H19FN2O3/c1-26-23(28)16-5-3-14(4-6-16)17-9-12-20-19(13-17)21(24(29)27-2)22(30-20)15-7-10-18(25)11-8-15/h3-13H,1-2H3,(H,26,28)(H,27,29). The van der Waals surface area contributed by atoms with Gasteiger partial charge in [-0.15, -0.1) is 0 Å². The highest BCUT2D eigenvalue weighted by atomic mass is 19.1. The van der Waals surface area contributed by atoms with Crippen molar-refractivity contribution >= 4 is 22.8 Å². The predicted molar refractivity (Wildman–Crippen MR) is 114 cm³/mol. The number of rotatable bonds is 4. The summed E-state index contributed by atoms with van der Waals surface area (Å²) >= 11 is 0. The van der Waals surface area contributed by atoms with Gasteiger partial charge in [-0.25, -0.2) is 4.39 Å². The fourth-order valence-corrected chi connectivity index (χ4v) is 3.39. The molecule has 30 heavy (non-hydrogen) atoms. The van der Waals surface area contributed by atoms with Gasteiger partial charge in [0.1, 0.15) is 17.2 Å². The lowest BCUT2D eigenvalue weighted by Crippen LogP contribution is -2.18. The van der Waals surface area contributed by atoms with E-state index in [2.05, 4.69) is 10.6 Å². The lowest BCUT2D eigenvalue weighted by Gasteiger charge is -2.05. The number of carbonyl (C=O) groups is 2. The molecule has 0 radical (unpaired) electrons. The first kappa shape index (κ1) is 19.4. The van der Waals surface area contributed by atoms with E-state index in [4.69, 9.17) is 4.42 Å². The zero-order valence-electron chi connectivity index (χ0n) is 16.5. The van der Waals surface area contributed by atoms with Crippen LogP contribution in [0, 0.1) is 5.82 Å². The van der Waals surface area contributed by atoms with Crippen LogP contribution in [0.4, 0.5) is 4.39 Å². The molecule has 0 unspecified atom stereocenters. The maximum Gasteiger partial charge on any atom is 0.255 e. The summed E-state index contributed by atoms with van der Waals surface area (Å²) in [5.41, 5.74) is 3.90. The van der Waals surface area contributed by atoms with Gasteiger partial charge in [0.2, 0.25) is 0 Å². The van der Waals surface area contributed by atoms with E-state index in [1.807, 2.05) is 24.3 Å². The van der Waals surface area contributed by atoms with E-state index in [9.17, 15) is 14.0 Å². The van der Waals surface area contributed by atoms with E-state index in [-0.39, 0.29) is 17.6 Å². The van der Waals surface area contributed by atoms with Gasteiger partial charge in [-0.05, 0) is 59.7 Å². The first-order valence-corrected chi connectivity index (χ1v) is 9.39. The average molecular weight is 402 g/mol. The molecule has 0 bridgehead atoms. The van der Waals surface area contributed by atoms with Crippen LogP contribution in [0.1, 0.15) is 20.7 Å². The van der Waals surface area contributed by atoms with E-state index in [1.165, 1.54) is 12.1 Å². The Balaban J connectivity index is 1.84. The Morgan fingerprint density at radius 2 is 1.37 bits per heavy atom. The highest BCUT2D eigenvalue weighted by Crippen LogP contribution is 2.36. The Morgan fingerprint density at radius 3 is 2.00 bits per heavy atom. The van der Waals surface area contributed by atoms with E-state index in [1.54, 1.807) is 44.4 Å². The molecule has 6 heteroatoms. The number of benzene rings is 3. The van der Waals surface area contributed by atoms with Crippen LogP contribution in [0.25, 0.3) is 33.4 Å². The van der Waals surface area contributed by atoms with E-state index in [0.29, 0.717) is 33.4 Å². The Hall–Kier alpha value is -3.93. The number of carbonyl (C=O) groups excluding carboxylic acids is 2. The normalized spacial score (nSPS) is 10.8. The van der Waals surface area contributed by atoms with Gasteiger partial charge in [-0.2, -0.15) is 0 Å². The van der Waals surface area contributed by atoms with Crippen molar-refractivity contribution in [1.29, 1.82) is 0 Å². The van der Waals surface area contributed by atoms with Crippen LogP contribution in [-0.4, -0.2) is 25.9 Å². The number of hydrogen-bond acceptors (Lipinski definition) is 3. The topological polar surface area (TPSA) is 71.3 Å². The van der Waals surface area contributed by atoms with Crippen molar-refractivity contribution in [3.63, 3.8) is 0 Å². The number of nitrogens with one attached hydrogen (secondary N) is 2. The summed E-state index contributed by atoms with van der Waals surface area (Å²) in [6.07, 6.45) is 0. The number of fused-ring (bicyclic) bond motifs is 1. The Morgan fingerprint density at radius 1 is 0.767 bits per heavy atom. The molecule has 4 aromatic rings. The second kappa shape index (κ2) is 7.83. The van der Waals surface area contributed by atoms with Crippen LogP contribution in [-0.2, 0) is 0 Å². The molecular weight excluding hydrogens is 383 g/mol. The van der Waals surface area contributed by atoms with Crippen molar-refractivity contribution in [2.75, 3.05) is 14.1 Å². The zero-order valence-corrected chi connectivity index (χ0v) is 16.5. The van der Waals surface area contributed by atoms with Gasteiger partial charge in [-0.3, -0.25) is 9.59 Å². The van der Waals surface area contributed by atoms with Crippen molar-refractivity contribution in [2.45, 2.75) is 0 Å². The Labute approximate surface area is 172 Å². The number of hydrogen-bond donors (Lipinski definition) is 2. The minimum Gasteiger partial charge on any atom is -0.455 e. The number of amides is 2. The Kier molecular flexibility index (Phi) is 5.06. The maximum absolute atomic E-state index is 13.3. The van der Waals surface area contributed by atoms with Crippen LogP contribution in [0.2, 0.25) is 0 Å². The summed E-state index contributed by atoms with van der Waals surface area (Å²) in [5, 5.41) is 5.90. The quantitative estimate of drug-likeness (QED) is 0.523. The SMILES string of the molecule is CNC(=O)c1ccc(-c2ccc3oc(-c4ccc(F)cc4)c(C(=O)NC)c3c2)cc1. The minimum absolute atomic E-state index is 0.155. The molecular formula is C24H19FN2O3. The van der Waals surface area contributed by atoms with Gasteiger partial charge in [-0.1, -0.05) is 18.2 Å². The van der Waals surface area contributed by atoms with Crippen molar-refractivity contribution in [1.82, 2.24) is 10.6 Å². The molecule has 1 aromatic heterocycles. The van der Waals surface area contributed by atoms with Crippen molar-refractivity contribution < 1.29 is 18.4 Å². The summed E-state index contributed by atoms with van der Waals surface area (Å²) in [6, 6.07) is 18.6. The van der Waals surface area contributed by atoms with Crippen LogP contribution < -0.4 is 10.6 Å². The fourth-order valence-electron chi connectivity index (χ4n) is 3.39. The summed E-state index contributed by atoms with van der Waals surface area (Å²) in [7, 11) is 3.14. The Bertz CT molecular complexity index is 1240. The van der Waals surface area contributed by atoms with Crippen molar-refractivity contribution in [2.24, 2.45) is 0 Å². The molecule has 2 amide bonds. The molecule has 3 aromatic carbocycles. The summed E-state index contributed by atoms with van der Waals surface area (Å²) in [5.74, 6) is -0.423. The number of halogens is 1. The largest absolute Gasteiger partial charge is 0.455 e. The van der Waals surface area contributed by atoms with Crippen LogP contribution >= 0.6 is 0 Å². The van der Waals surface area contributed by atoms with Gasteiger partial charge in [0.25, 0.3) is 11.8 Å². The third-order valence-electron chi connectivity index (χ3n) is 4.96. The molecule has 4 rings (SSSR count). The number of furan rings is 1. The summed E-state index contributed by atoms with van der Waals surface area (Å²) in [4.78, 5) is 24.4. The molecule has 0 spiro atoms. The third kappa shape index (κ3) is 3.43. The minimum atomic E-state index is -0.362. The van der Waals surface area contributed by atoms with Crippen LogP contribution in [0.5, 0.6) is 0 Å². The summed E-state index contributed by atoms with van der Waals surface area (Å²) < 4.78 is 19.3. The lowest BCUT2D eigenvalue weighted by atomic mass is 9.99. The molecule has 0 aliphatic heterocycles. The molecule has 0 saturated carbocycles. The maximum atomic E-state index is 13.3. The highest BCUT2D eigenvalue weighted by molar-refractivity contribution is 6.11. The van der Waals surface area contributed by atoms with Gasteiger partial charge >= 0.3 is 0 Å². The second-order valence-corrected chi connectivity index (χ2v) is 6.76. The van der Waals surface area contributed by atoms with Crippen molar-refractivity contribution in [3.05, 3.63) is 83.7 Å². The molecule has 0 fully saturated rings. The first-order chi connectivity index (χ1) is 14.5. The van der Waals surface area contributed by atoms with Gasteiger partial charge in [0, 0.05) is 30.6 Å². The average Bonchev–Trinajstić information content (AvgIpc) is 3.17. The molecule has 150 valence electrons. The monoisotopic (exact) mass is 402 g/mol. The van der Waals surface area contributed by atoms with Gasteiger partial charge in [0.15, 0.2) is 0 Å². The fraction of sp³-hybridized carbons (Fsp3) is 0.0833. The third-order valence-corrected chi connectivity index (χ3v) is 4.96. The molecule has 0 saturated heterocycles. The molecule has 1 heterocycles. The molecule has 2 N–H and O–H groups in total. The van der Waals surface area contributed by atoms with Gasteiger partial charge in [0.05, 0.1) is 5.56 Å². The molecule has 0 atom stereocenters. The van der Waals surface area contributed by atoms with E-state index in [0.717, 1.165) is 11.1 Å². The summed E-state index contributed by atoms with van der Waals surface area (Å²) in [6.45, 7) is 0. The van der Waals surface area contributed by atoms with Crippen molar-refractivity contribution in [3.8, 4) is 22.5 Å². The van der Waals surface area contributed by atoms with Gasteiger partial charge < -0.3 is 15.1 Å². The second-order valence-electron chi connectivity index (χ2n) is 6.76. The smallest absolute Gasteiger partial charge is 0.255 e. The van der Waals surface area contributed by atoms with E-state index < -0.39 is 0 Å². The first-order valence-electron chi connectivity index (χ1n) is 9.39. The zero-order chi connectivity index (χ0) is 21.3. The predicted octanol–water partition coefficient (Wildman–Crippen LogP) is 4.63. The lowest BCUT2D eigenvalue weighted by molar-refractivity contribution is 0.0955. The van der Waals surface area contributed by atoms with E-state index >= 15 is 0 Å². The molecule has 0 aliphatic rings. The highest BCUT2D eigenvalue weighted by Gasteiger charge is 2.22. The molecule has 0 aliphatic carbocycles. The molecule has 5 nitrogen and oxygen atoms in total. The van der Waals surface area contributed by atoms with Crippen LogP contribution in [0.15, 0.2) is 71.1 Å². The van der Waals surface area contributed by atoms with Crippen LogP contribution in [0.3, 0.4) is 0 Å².